The van der Waals surface area contributed by atoms with Gasteiger partial charge in [0.2, 0.25) is 0 Å². The maximum Gasteiger partial charge on any atom is 0.115 e. The van der Waals surface area contributed by atoms with Gasteiger partial charge in [-0.1, -0.05) is 42.0 Å². The van der Waals surface area contributed by atoms with Crippen molar-refractivity contribution in [2.45, 2.75) is 32.9 Å². The van der Waals surface area contributed by atoms with Gasteiger partial charge in [0.25, 0.3) is 0 Å². The maximum atomic E-state index is 9.31. The van der Waals surface area contributed by atoms with Gasteiger partial charge in [-0.25, -0.2) is 0 Å². The average Bonchev–Trinajstić information content (AvgIpc) is 2.39. The van der Waals surface area contributed by atoms with E-state index in [4.69, 9.17) is 0 Å². The van der Waals surface area contributed by atoms with E-state index in [2.05, 4.69) is 50.4 Å². The van der Waals surface area contributed by atoms with Crippen LogP contribution in [-0.4, -0.2) is 5.11 Å². The third-order valence-corrected chi connectivity index (χ3v) is 3.44. The molecule has 0 heterocycles. The minimum atomic E-state index is 0.246. The highest BCUT2D eigenvalue weighted by atomic mass is 16.3. The summed E-state index contributed by atoms with van der Waals surface area (Å²) < 4.78 is 0. The van der Waals surface area contributed by atoms with Gasteiger partial charge in [0.05, 0.1) is 0 Å². The molecule has 0 saturated heterocycles. The Bertz CT molecular complexity index is 533. The standard InChI is InChI=1S/C17H21NO/c1-12-5-4-6-16(11-12)14(3)18-13(2)15-7-9-17(19)10-8-15/h4-11,13-14,18-19H,1-3H3/t13?,14-/m1/s1. The van der Waals surface area contributed by atoms with Gasteiger partial charge in [0, 0.05) is 12.1 Å². The van der Waals surface area contributed by atoms with Gasteiger partial charge in [0.15, 0.2) is 0 Å². The van der Waals surface area contributed by atoms with Crippen molar-refractivity contribution in [3.63, 3.8) is 0 Å². The monoisotopic (exact) mass is 255 g/mol. The number of aryl methyl sites for hydroxylation is 1. The van der Waals surface area contributed by atoms with Crippen LogP contribution in [0, 0.1) is 6.92 Å². The van der Waals surface area contributed by atoms with Gasteiger partial charge < -0.3 is 10.4 Å². The number of nitrogens with one attached hydrogen (secondary N) is 1. The molecule has 0 amide bonds. The first-order valence-electron chi connectivity index (χ1n) is 6.68. The van der Waals surface area contributed by atoms with E-state index < -0.39 is 0 Å². The molecule has 0 aliphatic rings. The third-order valence-electron chi connectivity index (χ3n) is 3.44. The van der Waals surface area contributed by atoms with Crippen LogP contribution in [0.3, 0.4) is 0 Å². The fourth-order valence-electron chi connectivity index (χ4n) is 2.27. The zero-order valence-electron chi connectivity index (χ0n) is 11.7. The summed E-state index contributed by atoms with van der Waals surface area (Å²) in [7, 11) is 0. The molecular weight excluding hydrogens is 234 g/mol. The largest absolute Gasteiger partial charge is 0.508 e. The molecule has 0 aliphatic heterocycles. The Morgan fingerprint density at radius 2 is 1.53 bits per heavy atom. The summed E-state index contributed by atoms with van der Waals surface area (Å²) in [4.78, 5) is 0. The molecule has 0 bridgehead atoms. The van der Waals surface area contributed by atoms with E-state index in [0.29, 0.717) is 11.8 Å². The zero-order valence-corrected chi connectivity index (χ0v) is 11.7. The van der Waals surface area contributed by atoms with Crippen LogP contribution in [0.4, 0.5) is 0 Å². The first kappa shape index (κ1) is 13.6. The third kappa shape index (κ3) is 3.58. The van der Waals surface area contributed by atoms with Gasteiger partial charge in [-0.2, -0.15) is 0 Å². The number of rotatable bonds is 4. The molecule has 2 rings (SSSR count). The normalized spacial score (nSPS) is 14.1. The van der Waals surface area contributed by atoms with Crippen LogP contribution >= 0.6 is 0 Å². The highest BCUT2D eigenvalue weighted by Crippen LogP contribution is 2.21. The van der Waals surface area contributed by atoms with Gasteiger partial charge in [-0.3, -0.25) is 0 Å². The fourth-order valence-corrected chi connectivity index (χ4v) is 2.27. The fraction of sp³-hybridized carbons (Fsp3) is 0.294. The Balaban J connectivity index is 2.06. The quantitative estimate of drug-likeness (QED) is 0.861. The molecule has 19 heavy (non-hydrogen) atoms. The van der Waals surface area contributed by atoms with Gasteiger partial charge in [0.1, 0.15) is 5.75 Å². The lowest BCUT2D eigenvalue weighted by atomic mass is 10.0. The van der Waals surface area contributed by atoms with Crippen molar-refractivity contribution >= 4 is 0 Å². The summed E-state index contributed by atoms with van der Waals surface area (Å²) in [5, 5.41) is 12.9. The summed E-state index contributed by atoms with van der Waals surface area (Å²) in [6.45, 7) is 6.42. The van der Waals surface area contributed by atoms with E-state index in [0.717, 1.165) is 0 Å². The molecule has 2 N–H and O–H groups in total. The molecule has 100 valence electrons. The lowest BCUT2D eigenvalue weighted by Crippen LogP contribution is -2.22. The molecule has 2 aromatic rings. The van der Waals surface area contributed by atoms with Crippen LogP contribution in [0.5, 0.6) is 5.75 Å². The number of phenolic OH excluding ortho intramolecular Hbond substituents is 1. The first-order valence-corrected chi connectivity index (χ1v) is 6.68. The van der Waals surface area contributed by atoms with Crippen molar-refractivity contribution in [1.29, 1.82) is 0 Å². The van der Waals surface area contributed by atoms with Crippen LogP contribution in [0.1, 0.15) is 42.6 Å². The highest BCUT2D eigenvalue weighted by molar-refractivity contribution is 5.29. The second kappa shape index (κ2) is 5.89. The summed E-state index contributed by atoms with van der Waals surface area (Å²) in [6, 6.07) is 16.5. The van der Waals surface area contributed by atoms with E-state index in [1.807, 2.05) is 12.1 Å². The average molecular weight is 255 g/mol. The number of benzene rings is 2. The number of aromatic hydroxyl groups is 1. The zero-order chi connectivity index (χ0) is 13.8. The van der Waals surface area contributed by atoms with E-state index in [1.54, 1.807) is 12.1 Å². The lowest BCUT2D eigenvalue weighted by molar-refractivity contribution is 0.472. The van der Waals surface area contributed by atoms with Gasteiger partial charge in [-0.15, -0.1) is 0 Å². The van der Waals surface area contributed by atoms with Crippen LogP contribution < -0.4 is 5.32 Å². The molecule has 0 fully saturated rings. The second-order valence-corrected chi connectivity index (χ2v) is 5.12. The molecule has 0 saturated carbocycles. The molecule has 0 aromatic heterocycles. The molecule has 1 unspecified atom stereocenters. The molecule has 0 radical (unpaired) electrons. The van der Waals surface area contributed by atoms with Crippen molar-refractivity contribution in [3.05, 3.63) is 65.2 Å². The first-order chi connectivity index (χ1) is 9.06. The van der Waals surface area contributed by atoms with E-state index in [1.165, 1.54) is 16.7 Å². The second-order valence-electron chi connectivity index (χ2n) is 5.12. The topological polar surface area (TPSA) is 32.3 Å². The van der Waals surface area contributed by atoms with Crippen molar-refractivity contribution < 1.29 is 5.11 Å². The Kier molecular flexibility index (Phi) is 4.23. The predicted octanol–water partition coefficient (Wildman–Crippen LogP) is 4.11. The van der Waals surface area contributed by atoms with Crippen LogP contribution in [0.25, 0.3) is 0 Å². The van der Waals surface area contributed by atoms with Crippen LogP contribution in [0.2, 0.25) is 0 Å². The van der Waals surface area contributed by atoms with Crippen LogP contribution in [0.15, 0.2) is 48.5 Å². The Morgan fingerprint density at radius 1 is 0.895 bits per heavy atom. The smallest absolute Gasteiger partial charge is 0.115 e. The molecule has 0 spiro atoms. The molecule has 2 nitrogen and oxygen atoms in total. The minimum absolute atomic E-state index is 0.246. The van der Waals surface area contributed by atoms with E-state index >= 15 is 0 Å². The number of phenols is 1. The van der Waals surface area contributed by atoms with E-state index in [-0.39, 0.29) is 6.04 Å². The van der Waals surface area contributed by atoms with E-state index in [9.17, 15) is 5.11 Å². The minimum Gasteiger partial charge on any atom is -0.508 e. The number of hydrogen-bond donors (Lipinski definition) is 2. The Hall–Kier alpha value is -1.80. The summed E-state index contributed by atoms with van der Waals surface area (Å²) in [5.74, 6) is 0.308. The molecule has 0 aliphatic carbocycles. The highest BCUT2D eigenvalue weighted by Gasteiger charge is 2.11. The van der Waals surface area contributed by atoms with Crippen molar-refractivity contribution in [2.75, 3.05) is 0 Å². The molecule has 2 heteroatoms. The summed E-state index contributed by atoms with van der Waals surface area (Å²) in [5.41, 5.74) is 3.76. The molecular formula is C17H21NO. The SMILES string of the molecule is Cc1cccc([C@@H](C)NC(C)c2ccc(O)cc2)c1. The maximum absolute atomic E-state index is 9.31. The summed E-state index contributed by atoms with van der Waals surface area (Å²) >= 11 is 0. The van der Waals surface area contributed by atoms with Crippen molar-refractivity contribution in [1.82, 2.24) is 5.32 Å². The molecule has 2 aromatic carbocycles. The van der Waals surface area contributed by atoms with Crippen molar-refractivity contribution in [2.24, 2.45) is 0 Å². The van der Waals surface area contributed by atoms with Crippen LogP contribution in [-0.2, 0) is 0 Å². The predicted molar refractivity (Wildman–Crippen MR) is 79.3 cm³/mol. The van der Waals surface area contributed by atoms with Gasteiger partial charge >= 0.3 is 0 Å². The summed E-state index contributed by atoms with van der Waals surface area (Å²) in [6.07, 6.45) is 0. The number of hydrogen-bond acceptors (Lipinski definition) is 2. The Labute approximate surface area is 115 Å². The van der Waals surface area contributed by atoms with Crippen molar-refractivity contribution in [3.8, 4) is 5.75 Å². The lowest BCUT2D eigenvalue weighted by Gasteiger charge is -2.21. The van der Waals surface area contributed by atoms with Gasteiger partial charge in [-0.05, 0) is 44.0 Å². The molecule has 2 atom stereocenters. The Morgan fingerprint density at radius 3 is 2.16 bits per heavy atom.